The van der Waals surface area contributed by atoms with Crippen molar-refractivity contribution >= 4 is 11.7 Å². The zero-order valence-electron chi connectivity index (χ0n) is 14.6. The molecular formula is C19H21F3N2O2. The van der Waals surface area contributed by atoms with Crippen molar-refractivity contribution in [3.63, 3.8) is 0 Å². The second-order valence-corrected chi connectivity index (χ2v) is 6.00. The van der Waals surface area contributed by atoms with Crippen molar-refractivity contribution in [2.75, 3.05) is 18.5 Å². The molecule has 0 saturated carbocycles. The molecule has 0 heterocycles. The van der Waals surface area contributed by atoms with Crippen molar-refractivity contribution in [1.82, 2.24) is 5.32 Å². The fourth-order valence-electron chi connectivity index (χ4n) is 2.29. The molecule has 0 unspecified atom stereocenters. The third-order valence-corrected chi connectivity index (χ3v) is 3.68. The molecule has 0 spiro atoms. The van der Waals surface area contributed by atoms with Crippen LogP contribution in [-0.2, 0) is 6.18 Å². The Morgan fingerprint density at radius 2 is 1.73 bits per heavy atom. The predicted molar refractivity (Wildman–Crippen MR) is 94.5 cm³/mol. The van der Waals surface area contributed by atoms with Crippen molar-refractivity contribution in [3.05, 3.63) is 59.7 Å². The normalized spacial score (nSPS) is 11.3. The Bertz CT molecular complexity index is 728. The van der Waals surface area contributed by atoms with Crippen LogP contribution < -0.4 is 15.4 Å². The van der Waals surface area contributed by atoms with Gasteiger partial charge in [0.1, 0.15) is 12.4 Å². The van der Waals surface area contributed by atoms with Crippen LogP contribution in [0.3, 0.4) is 0 Å². The van der Waals surface area contributed by atoms with Crippen molar-refractivity contribution in [1.29, 1.82) is 0 Å². The van der Waals surface area contributed by atoms with Crippen LogP contribution in [-0.4, -0.2) is 19.2 Å². The molecule has 2 aromatic carbocycles. The van der Waals surface area contributed by atoms with Crippen LogP contribution in [0, 0.1) is 0 Å². The number of hydrogen-bond donors (Lipinski definition) is 2. The summed E-state index contributed by atoms with van der Waals surface area (Å²) < 4.78 is 44.1. The van der Waals surface area contributed by atoms with Crippen LogP contribution in [0.25, 0.3) is 0 Å². The summed E-state index contributed by atoms with van der Waals surface area (Å²) in [5, 5.41) is 4.68. The van der Waals surface area contributed by atoms with E-state index in [-0.39, 0.29) is 18.8 Å². The molecule has 2 amide bonds. The predicted octanol–water partition coefficient (Wildman–Crippen LogP) is 5.03. The smallest absolute Gasteiger partial charge is 0.418 e. The zero-order chi connectivity index (χ0) is 19.2. The summed E-state index contributed by atoms with van der Waals surface area (Å²) >= 11 is 0. The molecule has 4 nitrogen and oxygen atoms in total. The largest absolute Gasteiger partial charge is 0.492 e. The molecule has 0 aromatic heterocycles. The number of rotatable bonds is 6. The van der Waals surface area contributed by atoms with Gasteiger partial charge in [-0.2, -0.15) is 13.2 Å². The molecule has 0 aliphatic heterocycles. The number of urea groups is 1. The van der Waals surface area contributed by atoms with Crippen LogP contribution >= 0.6 is 0 Å². The number of alkyl halides is 3. The van der Waals surface area contributed by atoms with Gasteiger partial charge < -0.3 is 15.4 Å². The van der Waals surface area contributed by atoms with E-state index < -0.39 is 17.8 Å². The summed E-state index contributed by atoms with van der Waals surface area (Å²) in [4.78, 5) is 11.8. The molecule has 0 atom stereocenters. The van der Waals surface area contributed by atoms with Crippen LogP contribution in [0.4, 0.5) is 23.7 Å². The molecule has 0 aliphatic carbocycles. The maximum absolute atomic E-state index is 12.9. The van der Waals surface area contributed by atoms with Crippen LogP contribution in [0.2, 0.25) is 0 Å². The Morgan fingerprint density at radius 1 is 1.08 bits per heavy atom. The van der Waals surface area contributed by atoms with E-state index in [9.17, 15) is 18.0 Å². The summed E-state index contributed by atoms with van der Waals surface area (Å²) in [6.45, 7) is 4.55. The monoisotopic (exact) mass is 366 g/mol. The second-order valence-electron chi connectivity index (χ2n) is 6.00. The number of nitrogens with one attached hydrogen (secondary N) is 2. The van der Waals surface area contributed by atoms with Gasteiger partial charge in [-0.05, 0) is 35.7 Å². The number of hydrogen-bond acceptors (Lipinski definition) is 2. The molecule has 0 bridgehead atoms. The molecule has 0 saturated heterocycles. The highest BCUT2D eigenvalue weighted by Gasteiger charge is 2.33. The first-order valence-electron chi connectivity index (χ1n) is 8.21. The van der Waals surface area contributed by atoms with Gasteiger partial charge in [0.15, 0.2) is 0 Å². The number of carbonyl (C=O) groups excluding carboxylic acids is 1. The van der Waals surface area contributed by atoms with Crippen molar-refractivity contribution in [2.24, 2.45) is 0 Å². The highest BCUT2D eigenvalue weighted by atomic mass is 19.4. The number of ether oxygens (including phenoxy) is 1. The maximum atomic E-state index is 12.9. The van der Waals surface area contributed by atoms with Crippen LogP contribution in [0.1, 0.15) is 30.9 Å². The Hall–Kier alpha value is -2.70. The van der Waals surface area contributed by atoms with Crippen molar-refractivity contribution < 1.29 is 22.7 Å². The lowest BCUT2D eigenvalue weighted by Gasteiger charge is -2.14. The lowest BCUT2D eigenvalue weighted by atomic mass is 10.0. The van der Waals surface area contributed by atoms with Crippen molar-refractivity contribution in [3.8, 4) is 5.75 Å². The van der Waals surface area contributed by atoms with Gasteiger partial charge in [0, 0.05) is 0 Å². The fraction of sp³-hybridized carbons (Fsp3) is 0.316. The molecule has 0 fully saturated rings. The number of anilines is 1. The molecule has 0 aliphatic rings. The first-order valence-corrected chi connectivity index (χ1v) is 8.21. The number of benzene rings is 2. The highest BCUT2D eigenvalue weighted by molar-refractivity contribution is 5.90. The minimum Gasteiger partial charge on any atom is -0.492 e. The summed E-state index contributed by atoms with van der Waals surface area (Å²) in [5.74, 6) is 1.09. The van der Waals surface area contributed by atoms with Crippen molar-refractivity contribution in [2.45, 2.75) is 25.9 Å². The lowest BCUT2D eigenvalue weighted by Crippen LogP contribution is -2.32. The Kier molecular flexibility index (Phi) is 6.49. The third kappa shape index (κ3) is 5.68. The second kappa shape index (κ2) is 8.60. The average molecular weight is 366 g/mol. The van der Waals surface area contributed by atoms with Gasteiger partial charge in [-0.3, -0.25) is 0 Å². The van der Waals surface area contributed by atoms with Crippen LogP contribution in [0.15, 0.2) is 48.5 Å². The van der Waals surface area contributed by atoms with E-state index in [4.69, 9.17) is 4.74 Å². The SMILES string of the molecule is CC(C)c1ccc(OCCNC(=O)Nc2ccccc2C(F)(F)F)cc1. The standard InChI is InChI=1S/C19H21F3N2O2/c1-13(2)14-7-9-15(10-8-14)26-12-11-23-18(25)24-17-6-4-3-5-16(17)19(20,21)22/h3-10,13H,11-12H2,1-2H3,(H2,23,24,25). The molecular weight excluding hydrogens is 345 g/mol. The van der Waals surface area contributed by atoms with E-state index in [1.165, 1.54) is 23.8 Å². The number of amides is 2. The minimum absolute atomic E-state index is 0.159. The Morgan fingerprint density at radius 3 is 2.35 bits per heavy atom. The quantitative estimate of drug-likeness (QED) is 0.705. The summed E-state index contributed by atoms with van der Waals surface area (Å²) in [6, 6.07) is 11.7. The summed E-state index contributed by atoms with van der Waals surface area (Å²) in [7, 11) is 0. The molecule has 2 N–H and O–H groups in total. The highest BCUT2D eigenvalue weighted by Crippen LogP contribution is 2.34. The minimum atomic E-state index is -4.53. The molecule has 2 rings (SSSR count). The van der Waals surface area contributed by atoms with Gasteiger partial charge in [-0.1, -0.05) is 38.1 Å². The molecule has 2 aromatic rings. The van der Waals surface area contributed by atoms with Gasteiger partial charge >= 0.3 is 12.2 Å². The summed E-state index contributed by atoms with van der Waals surface area (Å²) in [5.41, 5.74) is 0.0116. The van der Waals surface area contributed by atoms with E-state index >= 15 is 0 Å². The lowest BCUT2D eigenvalue weighted by molar-refractivity contribution is -0.136. The van der Waals surface area contributed by atoms with Gasteiger partial charge in [-0.15, -0.1) is 0 Å². The molecule has 26 heavy (non-hydrogen) atoms. The van der Waals surface area contributed by atoms with E-state index in [1.807, 2.05) is 24.3 Å². The number of halogens is 3. The van der Waals surface area contributed by atoms with E-state index in [2.05, 4.69) is 24.5 Å². The fourth-order valence-corrected chi connectivity index (χ4v) is 2.29. The Labute approximate surface area is 150 Å². The number of carbonyl (C=O) groups is 1. The van der Waals surface area contributed by atoms with Gasteiger partial charge in [0.05, 0.1) is 17.8 Å². The van der Waals surface area contributed by atoms with Gasteiger partial charge in [0.25, 0.3) is 0 Å². The number of para-hydroxylation sites is 1. The van der Waals surface area contributed by atoms with Gasteiger partial charge in [0.2, 0.25) is 0 Å². The third-order valence-electron chi connectivity index (χ3n) is 3.68. The molecule has 140 valence electrons. The topological polar surface area (TPSA) is 50.4 Å². The van der Waals surface area contributed by atoms with Crippen LogP contribution in [0.5, 0.6) is 5.75 Å². The van der Waals surface area contributed by atoms with E-state index in [0.717, 1.165) is 6.07 Å². The molecule has 0 radical (unpaired) electrons. The van der Waals surface area contributed by atoms with E-state index in [0.29, 0.717) is 11.7 Å². The average Bonchev–Trinajstić information content (AvgIpc) is 2.58. The first kappa shape index (κ1) is 19.6. The van der Waals surface area contributed by atoms with Gasteiger partial charge in [-0.25, -0.2) is 4.79 Å². The maximum Gasteiger partial charge on any atom is 0.418 e. The summed E-state index contributed by atoms with van der Waals surface area (Å²) in [6.07, 6.45) is -4.53. The molecule has 7 heteroatoms. The Balaban J connectivity index is 1.79. The zero-order valence-corrected chi connectivity index (χ0v) is 14.6. The first-order chi connectivity index (χ1) is 12.3. The van der Waals surface area contributed by atoms with E-state index in [1.54, 1.807) is 0 Å².